The van der Waals surface area contributed by atoms with E-state index in [0.29, 0.717) is 5.92 Å². The Kier molecular flexibility index (Phi) is 3.43. The monoisotopic (exact) mass is 143 g/mol. The van der Waals surface area contributed by atoms with E-state index in [0.717, 1.165) is 0 Å². The quantitative estimate of drug-likeness (QED) is 0.608. The Bertz CT molecular complexity index is 116. The van der Waals surface area contributed by atoms with Gasteiger partial charge in [-0.05, 0) is 18.9 Å². The molecule has 0 saturated heterocycles. The lowest BCUT2D eigenvalue weighted by Crippen LogP contribution is -2.39. The third kappa shape index (κ3) is 2.87. The summed E-state index contributed by atoms with van der Waals surface area (Å²) < 4.78 is 4.77. The lowest BCUT2D eigenvalue weighted by Gasteiger charge is -2.24. The van der Waals surface area contributed by atoms with E-state index >= 15 is 0 Å². The van der Waals surface area contributed by atoms with Crippen LogP contribution in [-0.2, 0) is 4.74 Å². The second-order valence-corrected chi connectivity index (χ2v) is 3.06. The van der Waals surface area contributed by atoms with E-state index in [1.807, 2.05) is 13.0 Å². The van der Waals surface area contributed by atoms with E-state index in [9.17, 15) is 0 Å². The van der Waals surface area contributed by atoms with Gasteiger partial charge in [-0.25, -0.2) is 0 Å². The average molecular weight is 143 g/mol. The standard InChI is InChI=1S/C8H17NO/c1-7(2)8(3,9)5-6-10-4/h5-7H,9H2,1-4H3/b6-5+. The van der Waals surface area contributed by atoms with Crippen molar-refractivity contribution in [3.8, 4) is 0 Å². The number of nitrogens with two attached hydrogens (primary N) is 1. The second-order valence-electron chi connectivity index (χ2n) is 3.06. The number of rotatable bonds is 3. The van der Waals surface area contributed by atoms with E-state index in [-0.39, 0.29) is 5.54 Å². The fourth-order valence-corrected chi connectivity index (χ4v) is 0.407. The molecule has 0 fully saturated rings. The highest BCUT2D eigenvalue weighted by atomic mass is 16.5. The highest BCUT2D eigenvalue weighted by molar-refractivity contribution is 5.00. The van der Waals surface area contributed by atoms with E-state index in [1.54, 1.807) is 13.4 Å². The first-order valence-electron chi connectivity index (χ1n) is 3.50. The highest BCUT2D eigenvalue weighted by Crippen LogP contribution is 2.13. The molecular formula is C8H17NO. The van der Waals surface area contributed by atoms with Crippen LogP contribution in [0.3, 0.4) is 0 Å². The fraction of sp³-hybridized carbons (Fsp3) is 0.750. The zero-order valence-corrected chi connectivity index (χ0v) is 7.22. The molecule has 0 saturated carbocycles. The maximum Gasteiger partial charge on any atom is 0.0803 e. The molecule has 0 aromatic rings. The van der Waals surface area contributed by atoms with Crippen molar-refractivity contribution in [2.45, 2.75) is 26.3 Å². The van der Waals surface area contributed by atoms with E-state index in [2.05, 4.69) is 13.8 Å². The Morgan fingerprint density at radius 3 is 2.30 bits per heavy atom. The average Bonchev–Trinajstić information content (AvgIpc) is 1.84. The summed E-state index contributed by atoms with van der Waals surface area (Å²) in [7, 11) is 1.62. The molecule has 1 unspecified atom stereocenters. The second kappa shape index (κ2) is 3.62. The largest absolute Gasteiger partial charge is 0.505 e. The molecule has 0 aromatic heterocycles. The number of hydrogen-bond acceptors (Lipinski definition) is 2. The van der Waals surface area contributed by atoms with Crippen molar-refractivity contribution < 1.29 is 4.74 Å². The highest BCUT2D eigenvalue weighted by Gasteiger charge is 2.18. The Morgan fingerprint density at radius 1 is 1.50 bits per heavy atom. The number of hydrogen-bond donors (Lipinski definition) is 1. The van der Waals surface area contributed by atoms with Crippen LogP contribution in [0.4, 0.5) is 0 Å². The van der Waals surface area contributed by atoms with Crippen molar-refractivity contribution in [3.63, 3.8) is 0 Å². The first-order valence-corrected chi connectivity index (χ1v) is 3.50. The summed E-state index contributed by atoms with van der Waals surface area (Å²) in [5.41, 5.74) is 5.62. The lowest BCUT2D eigenvalue weighted by atomic mass is 9.90. The molecule has 2 nitrogen and oxygen atoms in total. The van der Waals surface area contributed by atoms with E-state index in [4.69, 9.17) is 10.5 Å². The van der Waals surface area contributed by atoms with Gasteiger partial charge >= 0.3 is 0 Å². The van der Waals surface area contributed by atoms with E-state index in [1.165, 1.54) is 0 Å². The first-order chi connectivity index (χ1) is 4.50. The topological polar surface area (TPSA) is 35.2 Å². The predicted octanol–water partition coefficient (Wildman–Crippen LogP) is 1.52. The normalized spacial score (nSPS) is 17.8. The summed E-state index contributed by atoms with van der Waals surface area (Å²) in [6.07, 6.45) is 3.50. The molecule has 0 rings (SSSR count). The molecule has 0 bridgehead atoms. The molecule has 2 heteroatoms. The van der Waals surface area contributed by atoms with Gasteiger partial charge in [0.15, 0.2) is 0 Å². The molecule has 0 amide bonds. The maximum absolute atomic E-state index is 5.88. The summed E-state index contributed by atoms with van der Waals surface area (Å²) in [4.78, 5) is 0. The third-order valence-electron chi connectivity index (χ3n) is 1.81. The van der Waals surface area contributed by atoms with Crippen LogP contribution in [0.25, 0.3) is 0 Å². The molecule has 0 aliphatic carbocycles. The molecule has 1 atom stereocenters. The van der Waals surface area contributed by atoms with Crippen molar-refractivity contribution in [1.29, 1.82) is 0 Å². The Hall–Kier alpha value is -0.500. The van der Waals surface area contributed by atoms with Crippen molar-refractivity contribution in [1.82, 2.24) is 0 Å². The van der Waals surface area contributed by atoms with Gasteiger partial charge in [-0.15, -0.1) is 0 Å². The van der Waals surface area contributed by atoms with Crippen molar-refractivity contribution in [2.24, 2.45) is 11.7 Å². The van der Waals surface area contributed by atoms with Gasteiger partial charge in [0.1, 0.15) is 0 Å². The summed E-state index contributed by atoms with van der Waals surface area (Å²) >= 11 is 0. The Morgan fingerprint density at radius 2 is 2.00 bits per heavy atom. The zero-order chi connectivity index (χ0) is 8.20. The SMILES string of the molecule is CO/C=C/C(C)(N)C(C)C. The maximum atomic E-state index is 5.88. The van der Waals surface area contributed by atoms with Gasteiger partial charge in [-0.2, -0.15) is 0 Å². The molecule has 0 spiro atoms. The van der Waals surface area contributed by atoms with Gasteiger partial charge in [0.2, 0.25) is 0 Å². The van der Waals surface area contributed by atoms with Crippen LogP contribution < -0.4 is 5.73 Å². The van der Waals surface area contributed by atoms with Gasteiger partial charge in [-0.3, -0.25) is 0 Å². The van der Waals surface area contributed by atoms with E-state index < -0.39 is 0 Å². The molecule has 0 radical (unpaired) electrons. The van der Waals surface area contributed by atoms with Crippen LogP contribution in [-0.4, -0.2) is 12.6 Å². The van der Waals surface area contributed by atoms with Gasteiger partial charge < -0.3 is 10.5 Å². The van der Waals surface area contributed by atoms with Crippen molar-refractivity contribution in [3.05, 3.63) is 12.3 Å². The van der Waals surface area contributed by atoms with Crippen LogP contribution in [0.1, 0.15) is 20.8 Å². The third-order valence-corrected chi connectivity index (χ3v) is 1.81. The molecule has 60 valence electrons. The summed E-state index contributed by atoms with van der Waals surface area (Å²) in [6.45, 7) is 6.15. The Labute approximate surface area is 63.1 Å². The molecule has 0 aromatic carbocycles. The van der Waals surface area contributed by atoms with Crippen molar-refractivity contribution in [2.75, 3.05) is 7.11 Å². The first kappa shape index (κ1) is 9.50. The van der Waals surface area contributed by atoms with Gasteiger partial charge in [0.05, 0.1) is 13.4 Å². The van der Waals surface area contributed by atoms with Crippen LogP contribution in [0.15, 0.2) is 12.3 Å². The van der Waals surface area contributed by atoms with Crippen LogP contribution in [0.5, 0.6) is 0 Å². The van der Waals surface area contributed by atoms with Gasteiger partial charge in [0, 0.05) is 5.54 Å². The van der Waals surface area contributed by atoms with Crippen LogP contribution in [0.2, 0.25) is 0 Å². The molecule has 0 aliphatic rings. The fourth-order valence-electron chi connectivity index (χ4n) is 0.407. The molecule has 2 N–H and O–H groups in total. The number of methoxy groups -OCH3 is 1. The minimum Gasteiger partial charge on any atom is -0.505 e. The van der Waals surface area contributed by atoms with Crippen LogP contribution >= 0.6 is 0 Å². The Balaban J connectivity index is 3.98. The zero-order valence-electron chi connectivity index (χ0n) is 7.22. The minimum atomic E-state index is -0.254. The summed E-state index contributed by atoms with van der Waals surface area (Å²) in [5.74, 6) is 0.430. The van der Waals surface area contributed by atoms with Gasteiger partial charge in [0.25, 0.3) is 0 Å². The van der Waals surface area contributed by atoms with Crippen molar-refractivity contribution >= 4 is 0 Å². The van der Waals surface area contributed by atoms with Crippen LogP contribution in [0, 0.1) is 5.92 Å². The smallest absolute Gasteiger partial charge is 0.0803 e. The predicted molar refractivity (Wildman–Crippen MR) is 43.6 cm³/mol. The summed E-state index contributed by atoms with van der Waals surface area (Å²) in [5, 5.41) is 0. The molecular weight excluding hydrogens is 126 g/mol. The number of ether oxygens (including phenoxy) is 1. The minimum absolute atomic E-state index is 0.254. The van der Waals surface area contributed by atoms with Gasteiger partial charge in [-0.1, -0.05) is 13.8 Å². The molecule has 0 aliphatic heterocycles. The molecule has 10 heavy (non-hydrogen) atoms. The molecule has 0 heterocycles. The lowest BCUT2D eigenvalue weighted by molar-refractivity contribution is 0.324. The summed E-state index contributed by atoms with van der Waals surface area (Å²) in [6, 6.07) is 0.